The van der Waals surface area contributed by atoms with Crippen molar-refractivity contribution in [2.75, 3.05) is 107 Å². The number of carbonyl (C=O) groups is 8. The van der Waals surface area contributed by atoms with E-state index in [9.17, 15) is 53.1 Å². The minimum atomic E-state index is -0.720. The number of Topliss-reactive ketones (excluding diaryl/α,β-unsaturated/α-hetero) is 4. The molecule has 0 spiro atoms. The Bertz CT molecular complexity index is 6060. The number of anilines is 7. The second-order valence-electron chi connectivity index (χ2n) is 39.1. The first-order valence-electron chi connectivity index (χ1n) is 46.0. The van der Waals surface area contributed by atoms with E-state index in [0.717, 1.165) is 83.7 Å². The molecule has 10 atom stereocenters. The first-order valence-corrected chi connectivity index (χ1v) is 47.1. The molecule has 16 rings (SSSR count). The maximum Gasteiger partial charge on any atom is 0.415 e. The number of aromatic nitrogens is 14. The van der Waals surface area contributed by atoms with Crippen molar-refractivity contribution in [2.24, 2.45) is 23.7 Å². The Morgan fingerprint density at radius 1 is 0.430 bits per heavy atom. The van der Waals surface area contributed by atoms with Crippen LogP contribution in [0.25, 0.3) is 22.6 Å². The number of nitrogen functional groups attached to an aromatic ring is 1. The van der Waals surface area contributed by atoms with E-state index in [1.165, 1.54) is 87.7 Å². The summed E-state index contributed by atoms with van der Waals surface area (Å²) in [7, 11) is 11.2. The normalized spacial score (nSPS) is 19.6. The van der Waals surface area contributed by atoms with Gasteiger partial charge in [-0.15, -0.1) is 0 Å². The number of hydrogen-bond acceptors (Lipinski definition) is 30. The molecular formula is C99H141Cl3N20O20. The summed E-state index contributed by atoms with van der Waals surface area (Å²) in [6, 6.07) is 13.1. The molecule has 12 heterocycles. The molecule has 0 aromatic carbocycles. The molecule has 0 bridgehead atoms. The van der Waals surface area contributed by atoms with Gasteiger partial charge in [-0.05, 0) is 208 Å². The monoisotopic (exact) mass is 2030 g/mol. The van der Waals surface area contributed by atoms with Gasteiger partial charge < -0.3 is 67.9 Å². The number of halogens is 3. The van der Waals surface area contributed by atoms with Gasteiger partial charge in [0.15, 0.2) is 45.7 Å². The molecule has 6 fully saturated rings. The van der Waals surface area contributed by atoms with Gasteiger partial charge in [0.2, 0.25) is 0 Å². The van der Waals surface area contributed by atoms with Crippen LogP contribution >= 0.6 is 34.8 Å². The third-order valence-corrected chi connectivity index (χ3v) is 25.0. The number of pyridine rings is 2. The lowest BCUT2D eigenvalue weighted by Crippen LogP contribution is -2.35. The Balaban J connectivity index is 0.000000222. The summed E-state index contributed by atoms with van der Waals surface area (Å²) in [6.07, 6.45) is 19.2. The number of aliphatic hydroxyl groups is 1. The summed E-state index contributed by atoms with van der Waals surface area (Å²) < 4.78 is 57.9. The van der Waals surface area contributed by atoms with Gasteiger partial charge in [0, 0.05) is 125 Å². The first-order chi connectivity index (χ1) is 65.1. The number of fused-ring (bicyclic) bond motifs is 4. The minimum Gasteiger partial charge on any atom is -0.443 e. The third-order valence-electron chi connectivity index (χ3n) is 24.4. The van der Waals surface area contributed by atoms with Crippen LogP contribution in [-0.2, 0) is 42.6 Å². The quantitative estimate of drug-likeness (QED) is 0.0304. The highest BCUT2D eigenvalue weighted by molar-refractivity contribution is 6.30. The van der Waals surface area contributed by atoms with Crippen molar-refractivity contribution in [1.29, 1.82) is 0 Å². The van der Waals surface area contributed by atoms with Crippen LogP contribution in [0.15, 0.2) is 95.3 Å². The highest BCUT2D eigenvalue weighted by atomic mass is 35.5. The van der Waals surface area contributed by atoms with Crippen molar-refractivity contribution >= 4 is 145 Å². The van der Waals surface area contributed by atoms with E-state index in [0.29, 0.717) is 107 Å². The molecule has 0 radical (unpaired) electrons. The zero-order valence-corrected chi connectivity index (χ0v) is 83.7. The fourth-order valence-corrected chi connectivity index (χ4v) is 16.9. The van der Waals surface area contributed by atoms with Crippen molar-refractivity contribution in [3.8, 4) is 0 Å². The van der Waals surface area contributed by atoms with Crippen molar-refractivity contribution in [2.45, 2.75) is 274 Å². The Hall–Kier alpha value is -11.6. The zero-order chi connectivity index (χ0) is 100. The number of ketones is 4. The van der Waals surface area contributed by atoms with Crippen LogP contribution in [-0.4, -0.2) is 243 Å². The van der Waals surface area contributed by atoms with E-state index in [4.69, 9.17) is 83.2 Å². The Morgan fingerprint density at radius 2 is 0.725 bits per heavy atom. The number of nitrogens with two attached hydrogens (primary N) is 1. The molecule has 43 heteroatoms. The zero-order valence-electron chi connectivity index (χ0n) is 81.5. The van der Waals surface area contributed by atoms with Crippen molar-refractivity contribution < 1.29 is 86.1 Å². The van der Waals surface area contributed by atoms with Crippen molar-refractivity contribution in [3.05, 3.63) is 144 Å². The van der Waals surface area contributed by atoms with Gasteiger partial charge in [0.1, 0.15) is 72.6 Å². The van der Waals surface area contributed by atoms with Gasteiger partial charge >= 0.3 is 24.4 Å². The van der Waals surface area contributed by atoms with E-state index < -0.39 is 52.9 Å². The van der Waals surface area contributed by atoms with E-state index in [-0.39, 0.29) is 157 Å². The molecule has 10 aromatic heterocycles. The molecular weight excluding hydrogens is 1900 g/mol. The van der Waals surface area contributed by atoms with Crippen LogP contribution in [0.4, 0.5) is 59.6 Å². The molecule has 40 nitrogen and oxygen atoms in total. The molecule has 10 aromatic rings. The van der Waals surface area contributed by atoms with Crippen LogP contribution in [0.3, 0.4) is 0 Å². The van der Waals surface area contributed by atoms with Crippen LogP contribution in [0.5, 0.6) is 0 Å². The lowest BCUT2D eigenvalue weighted by molar-refractivity contribution is -0.0171. The van der Waals surface area contributed by atoms with E-state index in [2.05, 4.69) is 45.6 Å². The second kappa shape index (κ2) is 49.1. The highest BCUT2D eigenvalue weighted by Crippen LogP contribution is 2.40. The molecule has 0 unspecified atom stereocenters. The Labute approximate surface area is 843 Å². The van der Waals surface area contributed by atoms with Gasteiger partial charge in [-0.1, -0.05) is 64.5 Å². The summed E-state index contributed by atoms with van der Waals surface area (Å²) in [5, 5.41) is 30.4. The Kier molecular flexibility index (Phi) is 40.0. The number of amides is 4. The van der Waals surface area contributed by atoms with Crippen LogP contribution in [0.2, 0.25) is 15.5 Å². The molecule has 4 aliphatic carbocycles. The average molecular weight is 2040 g/mol. The minimum absolute atomic E-state index is 0. The third kappa shape index (κ3) is 28.5. The first kappa shape index (κ1) is 116. The van der Waals surface area contributed by atoms with E-state index in [1.54, 1.807) is 177 Å². The van der Waals surface area contributed by atoms with Gasteiger partial charge in [0.05, 0.1) is 102 Å². The topological polar surface area (TPSA) is 456 Å². The van der Waals surface area contributed by atoms with Crippen molar-refractivity contribution in [3.63, 3.8) is 0 Å². The maximum absolute atomic E-state index is 13.4. The summed E-state index contributed by atoms with van der Waals surface area (Å²) >= 11 is 18.5. The molecule has 778 valence electrons. The number of carbonyl (C=O) groups excluding carboxylic acids is 8. The Morgan fingerprint density at radius 3 is 1.00 bits per heavy atom. The second-order valence-corrected chi connectivity index (χ2v) is 40.2. The number of methoxy groups -OCH3 is 3. The number of rotatable bonds is 23. The standard InChI is InChI=1S/C29H38N6O6.2C19H25ClN4O4.C18H23ClN4O4.C10H14N2O2.4CH4/c1-29(2,3)41-28(38)33(4)25-15-24(31-21-9-6-12-34(27(21)37)19-8-7-13-40-17-19)32-26-20(16-30-35(25)26)22(36)14-18-10-11-23(18)39-5;2*1-19(2,3)28-18(26)23(4)16-9-15(20)22-17-12(10-21-24(16)17)13(25)8-11-6-7-14(11)27-5;1-18(2,3)27-17(26)22(4)15-8-14(19)21-16-11(9-20-23(15)16)13(25)7-10-5-6-12(10)24;11-9-4-1-5-12(10(9)13)8-3-2-6-14-7-8;;;;/h6,9,12,15-16,18-19,23H,7-8,10-11,13-14,17H2,1-5H3,(H,31,32);2*9-11,14H,6-8H2,1-5H3;8-10,12,24H,5-7H2,1-4H3;1,4-5,8H,2-3,6-7,11H2;4*1H4/t18-,19+,23+;2*11-,14+;10-,12+;8-;;;;/m00001..../s1. The van der Waals surface area contributed by atoms with Crippen LogP contribution in [0, 0.1) is 23.7 Å². The summed E-state index contributed by atoms with van der Waals surface area (Å²) in [4.78, 5) is 150. The predicted octanol–water partition coefficient (Wildman–Crippen LogP) is 18.3. The smallest absolute Gasteiger partial charge is 0.415 e. The van der Waals surface area contributed by atoms with Crippen LogP contribution < -0.4 is 41.8 Å². The lowest BCUT2D eigenvalue weighted by atomic mass is 9.78. The number of aliphatic hydroxyl groups excluding tert-OH is 1. The average Bonchev–Trinajstić information content (AvgIpc) is 1.63. The number of hydrogen-bond donors (Lipinski definition) is 3. The number of nitrogens with one attached hydrogen (secondary N) is 1. The molecule has 142 heavy (non-hydrogen) atoms. The number of ether oxygens (including phenoxy) is 9. The lowest BCUT2D eigenvalue weighted by Gasteiger charge is -2.34. The van der Waals surface area contributed by atoms with Gasteiger partial charge in [0.25, 0.3) is 11.1 Å². The predicted molar refractivity (Wildman–Crippen MR) is 545 cm³/mol. The van der Waals surface area contributed by atoms with Gasteiger partial charge in [-0.3, -0.25) is 48.4 Å². The molecule has 4 saturated carbocycles. The van der Waals surface area contributed by atoms with E-state index in [1.807, 2.05) is 0 Å². The SMILES string of the molecule is C.C.C.C.CN(C(=O)OC(C)(C)C)c1cc(Cl)nc2c(C(=O)C[C@@H]3CC[C@H]3O)cnn12.CO[C@@H]1CC[C@H]1CC(=O)c1cnn2c(N(C)C(=O)OC(C)(C)C)cc(Cl)nc12.CO[C@@H]1CC[C@H]1CC(=O)c1cnn2c(N(C)C(=O)OC(C)(C)C)cc(Cl)nc12.CO[C@@H]1CC[C@H]1CC(=O)c1cnn2c(N(C)C(=O)OC(C)(C)C)cc(Nc3cccn([C@@H]4CCCOC4)c3=O)nc12.Nc1cccn([C@@H]2CCCOC2)c1=O. The summed E-state index contributed by atoms with van der Waals surface area (Å²) in [5.74, 6) is 1.78. The molecule has 4 amide bonds. The molecule has 2 aliphatic heterocycles. The van der Waals surface area contributed by atoms with Crippen molar-refractivity contribution in [1.82, 2.24) is 67.5 Å². The fraction of sp³-hybridized carbons (Fsp3) is 0.576. The fourth-order valence-electron chi connectivity index (χ4n) is 16.4. The number of nitrogens with zero attached hydrogens (tertiary/aromatic N) is 18. The summed E-state index contributed by atoms with van der Waals surface area (Å²) in [6.45, 7) is 23.9. The van der Waals surface area contributed by atoms with E-state index >= 15 is 0 Å². The van der Waals surface area contributed by atoms with Gasteiger partial charge in [-0.25, -0.2) is 39.1 Å². The van der Waals surface area contributed by atoms with Crippen LogP contribution in [0.1, 0.15) is 269 Å². The van der Waals surface area contributed by atoms with Gasteiger partial charge in [-0.2, -0.15) is 38.5 Å². The largest absolute Gasteiger partial charge is 0.443 e. The molecule has 2 saturated heterocycles. The summed E-state index contributed by atoms with van der Waals surface area (Å²) in [5.41, 5.74) is 5.76. The molecule has 4 N–H and O–H groups in total. The molecule has 6 aliphatic rings. The highest BCUT2D eigenvalue weighted by Gasteiger charge is 2.40. The maximum atomic E-state index is 13.4.